The lowest BCUT2D eigenvalue weighted by atomic mass is 10.0. The summed E-state index contributed by atoms with van der Waals surface area (Å²) in [7, 11) is 0. The van der Waals surface area contributed by atoms with E-state index in [4.69, 9.17) is 16.3 Å². The van der Waals surface area contributed by atoms with Crippen molar-refractivity contribution in [2.45, 2.75) is 19.6 Å². The van der Waals surface area contributed by atoms with Gasteiger partial charge >= 0.3 is 0 Å². The zero-order valence-electron chi connectivity index (χ0n) is 13.4. The Kier molecular flexibility index (Phi) is 5.19. The van der Waals surface area contributed by atoms with Crippen molar-refractivity contribution in [3.8, 4) is 5.75 Å². The van der Waals surface area contributed by atoms with Gasteiger partial charge in [0.2, 0.25) is 0 Å². The number of aliphatic hydroxyl groups is 1. The van der Waals surface area contributed by atoms with Crippen molar-refractivity contribution in [3.05, 3.63) is 100 Å². The van der Waals surface area contributed by atoms with Gasteiger partial charge in [-0.05, 0) is 47.4 Å². The Morgan fingerprint density at radius 2 is 1.58 bits per heavy atom. The predicted octanol–water partition coefficient (Wildman–Crippen LogP) is 5.31. The highest BCUT2D eigenvalue weighted by Gasteiger charge is 2.11. The number of aliphatic hydroxyl groups excluding tert-OH is 1. The molecule has 3 aromatic carbocycles. The van der Waals surface area contributed by atoms with Crippen LogP contribution in [0.4, 0.5) is 0 Å². The largest absolute Gasteiger partial charge is 0.489 e. The molecule has 1 atom stereocenters. The van der Waals surface area contributed by atoms with Crippen LogP contribution in [-0.2, 0) is 6.61 Å². The molecule has 1 unspecified atom stereocenters. The summed E-state index contributed by atoms with van der Waals surface area (Å²) >= 11 is 6.14. The topological polar surface area (TPSA) is 29.5 Å². The van der Waals surface area contributed by atoms with Crippen molar-refractivity contribution in [2.24, 2.45) is 0 Å². The third-order valence-electron chi connectivity index (χ3n) is 3.96. The molecule has 0 bridgehead atoms. The van der Waals surface area contributed by atoms with Crippen molar-refractivity contribution in [2.75, 3.05) is 0 Å². The van der Waals surface area contributed by atoms with Crippen LogP contribution in [0.3, 0.4) is 0 Å². The molecule has 0 aliphatic carbocycles. The first-order valence-electron chi connectivity index (χ1n) is 7.84. The number of rotatable bonds is 5. The summed E-state index contributed by atoms with van der Waals surface area (Å²) in [6.07, 6.45) is -0.703. The molecular formula is C21H19ClO2. The molecule has 122 valence electrons. The van der Waals surface area contributed by atoms with Gasteiger partial charge in [-0.15, -0.1) is 0 Å². The maximum atomic E-state index is 10.5. The Hall–Kier alpha value is -2.29. The summed E-state index contributed by atoms with van der Waals surface area (Å²) in [4.78, 5) is 0. The maximum Gasteiger partial charge on any atom is 0.119 e. The average Bonchev–Trinajstić information content (AvgIpc) is 2.63. The molecule has 2 nitrogen and oxygen atoms in total. The van der Waals surface area contributed by atoms with Crippen molar-refractivity contribution >= 4 is 11.6 Å². The van der Waals surface area contributed by atoms with Crippen LogP contribution in [-0.4, -0.2) is 5.11 Å². The molecule has 0 amide bonds. The molecule has 0 aliphatic heterocycles. The first-order valence-corrected chi connectivity index (χ1v) is 8.22. The van der Waals surface area contributed by atoms with Gasteiger partial charge in [0.1, 0.15) is 18.5 Å². The van der Waals surface area contributed by atoms with Crippen molar-refractivity contribution in [3.63, 3.8) is 0 Å². The van der Waals surface area contributed by atoms with E-state index in [0.717, 1.165) is 28.0 Å². The Labute approximate surface area is 147 Å². The fourth-order valence-electron chi connectivity index (χ4n) is 2.46. The molecule has 0 aliphatic rings. The molecule has 3 aromatic rings. The minimum atomic E-state index is -0.703. The highest BCUT2D eigenvalue weighted by Crippen LogP contribution is 2.27. The van der Waals surface area contributed by atoms with E-state index in [-0.39, 0.29) is 0 Å². The monoisotopic (exact) mass is 338 g/mol. The lowest BCUT2D eigenvalue weighted by molar-refractivity contribution is 0.220. The SMILES string of the molecule is Cc1ccc(C(O)c2ccc(OCc3ccccc3)cc2)cc1Cl. The second-order valence-corrected chi connectivity index (χ2v) is 6.16. The van der Waals surface area contributed by atoms with E-state index in [2.05, 4.69) is 0 Å². The van der Waals surface area contributed by atoms with Crippen LogP contribution in [0, 0.1) is 6.92 Å². The molecule has 0 aromatic heterocycles. The second-order valence-electron chi connectivity index (χ2n) is 5.75. The summed E-state index contributed by atoms with van der Waals surface area (Å²) in [5.41, 5.74) is 3.71. The number of hydrogen-bond acceptors (Lipinski definition) is 2. The minimum absolute atomic E-state index is 0.524. The summed E-state index contributed by atoms with van der Waals surface area (Å²) in [6, 6.07) is 23.1. The van der Waals surface area contributed by atoms with Crippen LogP contribution >= 0.6 is 11.6 Å². The third kappa shape index (κ3) is 3.97. The lowest BCUT2D eigenvalue weighted by Gasteiger charge is -2.13. The zero-order valence-corrected chi connectivity index (χ0v) is 14.2. The van der Waals surface area contributed by atoms with Crippen molar-refractivity contribution < 1.29 is 9.84 Å². The normalized spacial score (nSPS) is 12.0. The number of ether oxygens (including phenoxy) is 1. The standard InChI is InChI=1S/C21H19ClO2/c1-15-7-8-18(13-20(15)22)21(23)17-9-11-19(12-10-17)24-14-16-5-3-2-4-6-16/h2-13,21,23H,14H2,1H3. The van der Waals surface area contributed by atoms with Crippen molar-refractivity contribution in [1.82, 2.24) is 0 Å². The molecule has 0 heterocycles. The van der Waals surface area contributed by atoms with E-state index in [1.54, 1.807) is 6.07 Å². The highest BCUT2D eigenvalue weighted by atomic mass is 35.5. The summed E-state index contributed by atoms with van der Waals surface area (Å²) in [5, 5.41) is 11.2. The first kappa shape index (κ1) is 16.6. The molecule has 0 radical (unpaired) electrons. The Bertz CT molecular complexity index is 798. The number of halogens is 1. The molecule has 1 N–H and O–H groups in total. The smallest absolute Gasteiger partial charge is 0.119 e. The third-order valence-corrected chi connectivity index (χ3v) is 4.36. The number of benzene rings is 3. The van der Waals surface area contributed by atoms with E-state index < -0.39 is 6.10 Å². The van der Waals surface area contributed by atoms with Crippen LogP contribution in [0.1, 0.15) is 28.4 Å². The van der Waals surface area contributed by atoms with Gasteiger partial charge in [0.15, 0.2) is 0 Å². The summed E-state index contributed by atoms with van der Waals surface area (Å²) < 4.78 is 5.76. The van der Waals surface area contributed by atoms with E-state index in [1.807, 2.05) is 73.7 Å². The Morgan fingerprint density at radius 3 is 2.25 bits per heavy atom. The molecule has 24 heavy (non-hydrogen) atoms. The average molecular weight is 339 g/mol. The van der Waals surface area contributed by atoms with E-state index in [0.29, 0.717) is 11.6 Å². The number of aryl methyl sites for hydroxylation is 1. The fraction of sp³-hybridized carbons (Fsp3) is 0.143. The minimum Gasteiger partial charge on any atom is -0.489 e. The Morgan fingerprint density at radius 1 is 0.917 bits per heavy atom. The van der Waals surface area contributed by atoms with Gasteiger partial charge in [-0.2, -0.15) is 0 Å². The van der Waals surface area contributed by atoms with Crippen LogP contribution in [0.5, 0.6) is 5.75 Å². The van der Waals surface area contributed by atoms with Crippen LogP contribution in [0.15, 0.2) is 72.8 Å². The van der Waals surface area contributed by atoms with Crippen LogP contribution in [0.2, 0.25) is 5.02 Å². The molecule has 3 rings (SSSR count). The van der Waals surface area contributed by atoms with Gasteiger partial charge in [-0.3, -0.25) is 0 Å². The molecule has 0 spiro atoms. The van der Waals surface area contributed by atoms with E-state index >= 15 is 0 Å². The lowest BCUT2D eigenvalue weighted by Crippen LogP contribution is -2.00. The van der Waals surface area contributed by atoms with Gasteiger partial charge in [0.05, 0.1) is 0 Å². The van der Waals surface area contributed by atoms with Gasteiger partial charge in [0, 0.05) is 5.02 Å². The van der Waals surface area contributed by atoms with Gasteiger partial charge in [0.25, 0.3) is 0 Å². The second kappa shape index (κ2) is 7.52. The first-order chi connectivity index (χ1) is 11.6. The predicted molar refractivity (Wildman–Crippen MR) is 97.5 cm³/mol. The van der Waals surface area contributed by atoms with Gasteiger partial charge in [-0.1, -0.05) is 66.2 Å². The van der Waals surface area contributed by atoms with E-state index in [9.17, 15) is 5.11 Å². The maximum absolute atomic E-state index is 10.5. The highest BCUT2D eigenvalue weighted by molar-refractivity contribution is 6.31. The van der Waals surface area contributed by atoms with Crippen molar-refractivity contribution in [1.29, 1.82) is 0 Å². The quantitative estimate of drug-likeness (QED) is 0.683. The summed E-state index contributed by atoms with van der Waals surface area (Å²) in [5.74, 6) is 0.775. The van der Waals surface area contributed by atoms with E-state index in [1.165, 1.54) is 0 Å². The summed E-state index contributed by atoms with van der Waals surface area (Å²) in [6.45, 7) is 2.47. The molecule has 0 saturated carbocycles. The zero-order chi connectivity index (χ0) is 16.9. The fourth-order valence-corrected chi connectivity index (χ4v) is 2.65. The Balaban J connectivity index is 1.68. The number of hydrogen-bond donors (Lipinski definition) is 1. The molecule has 0 fully saturated rings. The van der Waals surface area contributed by atoms with Crippen LogP contribution in [0.25, 0.3) is 0 Å². The molecular weight excluding hydrogens is 320 g/mol. The molecule has 3 heteroatoms. The van der Waals surface area contributed by atoms with Gasteiger partial charge in [-0.25, -0.2) is 0 Å². The van der Waals surface area contributed by atoms with Gasteiger partial charge < -0.3 is 9.84 Å². The van der Waals surface area contributed by atoms with Crippen LogP contribution < -0.4 is 4.74 Å². The molecule has 0 saturated heterocycles.